The van der Waals surface area contributed by atoms with Gasteiger partial charge in [-0.15, -0.1) is 0 Å². The van der Waals surface area contributed by atoms with E-state index in [0.29, 0.717) is 6.42 Å². The van der Waals surface area contributed by atoms with E-state index >= 15 is 0 Å². The fraction of sp³-hybridized carbons (Fsp3) is 0.423. The lowest BCUT2D eigenvalue weighted by Crippen LogP contribution is -2.55. The van der Waals surface area contributed by atoms with E-state index in [-0.39, 0.29) is 38.1 Å². The van der Waals surface area contributed by atoms with Crippen molar-refractivity contribution in [2.24, 2.45) is 5.41 Å². The summed E-state index contributed by atoms with van der Waals surface area (Å²) < 4.78 is 11.1. The van der Waals surface area contributed by atoms with Gasteiger partial charge in [-0.2, -0.15) is 0 Å². The van der Waals surface area contributed by atoms with Crippen molar-refractivity contribution >= 4 is 18.0 Å². The summed E-state index contributed by atoms with van der Waals surface area (Å²) in [7, 11) is 0. The lowest BCUT2D eigenvalue weighted by atomic mass is 9.84. The molecule has 2 aromatic carbocycles. The molecule has 1 saturated heterocycles. The quantitative estimate of drug-likeness (QED) is 0.550. The summed E-state index contributed by atoms with van der Waals surface area (Å²) in [6.07, 6.45) is -0.294. The van der Waals surface area contributed by atoms with Gasteiger partial charge in [0.2, 0.25) is 5.91 Å². The van der Waals surface area contributed by atoms with E-state index in [9.17, 15) is 14.4 Å². The Labute approximate surface area is 198 Å². The van der Waals surface area contributed by atoms with Gasteiger partial charge in [-0.1, -0.05) is 55.5 Å². The van der Waals surface area contributed by atoms with Crippen LogP contribution in [0.3, 0.4) is 0 Å². The molecule has 8 nitrogen and oxygen atoms in total. The minimum Gasteiger partial charge on any atom is -0.481 e. The molecule has 1 aliphatic carbocycles. The van der Waals surface area contributed by atoms with E-state index in [4.69, 9.17) is 14.6 Å². The van der Waals surface area contributed by atoms with Crippen molar-refractivity contribution in [2.75, 3.05) is 19.8 Å². The highest BCUT2D eigenvalue weighted by molar-refractivity contribution is 5.85. The van der Waals surface area contributed by atoms with Crippen LogP contribution in [-0.4, -0.2) is 55.0 Å². The molecule has 1 fully saturated rings. The number of hydrogen-bond acceptors (Lipinski definition) is 5. The fourth-order valence-electron chi connectivity index (χ4n) is 4.74. The first-order chi connectivity index (χ1) is 16.3. The highest BCUT2D eigenvalue weighted by Crippen LogP contribution is 2.44. The van der Waals surface area contributed by atoms with Gasteiger partial charge in [0.15, 0.2) is 0 Å². The van der Waals surface area contributed by atoms with Crippen molar-refractivity contribution in [1.29, 1.82) is 0 Å². The van der Waals surface area contributed by atoms with Crippen molar-refractivity contribution in [3.05, 3.63) is 59.7 Å². The number of carboxylic acids is 1. The van der Waals surface area contributed by atoms with Crippen molar-refractivity contribution in [1.82, 2.24) is 10.6 Å². The molecule has 180 valence electrons. The van der Waals surface area contributed by atoms with Crippen LogP contribution in [0.1, 0.15) is 43.7 Å². The van der Waals surface area contributed by atoms with Gasteiger partial charge < -0.3 is 25.2 Å². The number of benzene rings is 2. The van der Waals surface area contributed by atoms with Gasteiger partial charge in [0, 0.05) is 12.0 Å². The molecule has 0 spiro atoms. The number of carbonyl (C=O) groups excluding carboxylic acids is 2. The first kappa shape index (κ1) is 23.8. The fourth-order valence-corrected chi connectivity index (χ4v) is 4.74. The number of amides is 2. The summed E-state index contributed by atoms with van der Waals surface area (Å²) in [6.45, 7) is 3.98. The number of aliphatic carboxylic acids is 1. The normalized spacial score (nSPS) is 21.9. The molecule has 34 heavy (non-hydrogen) atoms. The molecule has 2 aliphatic rings. The third kappa shape index (κ3) is 4.63. The van der Waals surface area contributed by atoms with Crippen LogP contribution in [0.5, 0.6) is 0 Å². The number of alkyl carbamates (subject to hydrolysis) is 1. The molecule has 2 aromatic rings. The monoisotopic (exact) mass is 466 g/mol. The van der Waals surface area contributed by atoms with Crippen molar-refractivity contribution in [3.63, 3.8) is 0 Å². The molecule has 8 heteroatoms. The van der Waals surface area contributed by atoms with Crippen molar-refractivity contribution in [3.8, 4) is 11.1 Å². The first-order valence-corrected chi connectivity index (χ1v) is 11.6. The Morgan fingerprint density at radius 2 is 1.74 bits per heavy atom. The molecule has 4 rings (SSSR count). The van der Waals surface area contributed by atoms with Crippen LogP contribution in [0.25, 0.3) is 11.1 Å². The largest absolute Gasteiger partial charge is 0.481 e. The lowest BCUT2D eigenvalue weighted by Gasteiger charge is -2.30. The van der Waals surface area contributed by atoms with Crippen LogP contribution in [-0.2, 0) is 19.1 Å². The first-order valence-electron chi connectivity index (χ1n) is 11.6. The summed E-state index contributed by atoms with van der Waals surface area (Å²) >= 11 is 0. The number of rotatable bonds is 8. The Morgan fingerprint density at radius 3 is 2.32 bits per heavy atom. The molecule has 0 saturated carbocycles. The third-order valence-electron chi connectivity index (χ3n) is 6.86. The van der Waals surface area contributed by atoms with Crippen LogP contribution in [0.15, 0.2) is 48.5 Å². The number of nitrogens with one attached hydrogen (secondary N) is 2. The molecule has 0 bridgehead atoms. The van der Waals surface area contributed by atoms with Gasteiger partial charge >= 0.3 is 12.1 Å². The number of ether oxygens (including phenoxy) is 2. The average molecular weight is 467 g/mol. The maximum atomic E-state index is 13.0. The van der Waals surface area contributed by atoms with Crippen LogP contribution < -0.4 is 10.6 Å². The number of fused-ring (bicyclic) bond motifs is 3. The van der Waals surface area contributed by atoms with Gasteiger partial charge in [0.1, 0.15) is 6.61 Å². The summed E-state index contributed by atoms with van der Waals surface area (Å²) in [5.41, 5.74) is 3.50. The zero-order chi connectivity index (χ0) is 24.3. The van der Waals surface area contributed by atoms with Gasteiger partial charge in [0.05, 0.1) is 31.1 Å². The molecule has 2 amide bonds. The minimum absolute atomic E-state index is 0.0611. The topological polar surface area (TPSA) is 114 Å². The summed E-state index contributed by atoms with van der Waals surface area (Å²) in [5.74, 6) is -1.38. The van der Waals surface area contributed by atoms with E-state index < -0.39 is 29.6 Å². The van der Waals surface area contributed by atoms with Crippen molar-refractivity contribution in [2.45, 2.75) is 44.7 Å². The number of carboxylic acid groups (broad SMARTS) is 1. The number of hydrogen-bond donors (Lipinski definition) is 3. The third-order valence-corrected chi connectivity index (χ3v) is 6.86. The van der Waals surface area contributed by atoms with Gasteiger partial charge in [0.25, 0.3) is 0 Å². The Kier molecular flexibility index (Phi) is 6.88. The van der Waals surface area contributed by atoms with Crippen LogP contribution in [0.2, 0.25) is 0 Å². The smallest absolute Gasteiger partial charge is 0.407 e. The highest BCUT2D eigenvalue weighted by atomic mass is 16.5. The maximum Gasteiger partial charge on any atom is 0.407 e. The van der Waals surface area contributed by atoms with E-state index in [1.807, 2.05) is 31.2 Å². The molecule has 0 aromatic heterocycles. The average Bonchev–Trinajstić information content (AvgIpc) is 3.35. The van der Waals surface area contributed by atoms with Crippen molar-refractivity contribution < 1.29 is 29.0 Å². The lowest BCUT2D eigenvalue weighted by molar-refractivity contribution is -0.138. The molecule has 3 N–H and O–H groups in total. The molecule has 1 heterocycles. The predicted octanol–water partition coefficient (Wildman–Crippen LogP) is 3.30. The summed E-state index contributed by atoms with van der Waals surface area (Å²) in [5, 5.41) is 14.6. The zero-order valence-corrected chi connectivity index (χ0v) is 19.4. The van der Waals surface area contributed by atoms with Crippen LogP contribution >= 0.6 is 0 Å². The molecule has 3 atom stereocenters. The van der Waals surface area contributed by atoms with E-state index in [0.717, 1.165) is 22.3 Å². The highest BCUT2D eigenvalue weighted by Gasteiger charge is 2.48. The van der Waals surface area contributed by atoms with Gasteiger partial charge in [-0.3, -0.25) is 9.59 Å². The Balaban J connectivity index is 1.39. The second kappa shape index (κ2) is 9.85. The Bertz CT molecular complexity index is 1040. The Hall–Kier alpha value is -3.39. The second-order valence-corrected chi connectivity index (χ2v) is 9.13. The van der Waals surface area contributed by atoms with Crippen LogP contribution in [0.4, 0.5) is 4.79 Å². The molecular formula is C26H30N2O6. The standard InChI is InChI=1S/C26H30N2O6/c1-3-16(12-23(29)30)27-24(31)26(2)15-33-14-22(26)28-25(32)34-13-21-19-10-6-4-8-17(19)18-9-5-7-11-20(18)21/h4-11,16,21-22H,3,12-15H2,1-2H3,(H,27,31)(H,28,32)(H,29,30). The van der Waals surface area contributed by atoms with Gasteiger partial charge in [-0.25, -0.2) is 4.79 Å². The minimum atomic E-state index is -1.03. The Morgan fingerprint density at radius 1 is 1.12 bits per heavy atom. The molecule has 0 radical (unpaired) electrons. The summed E-state index contributed by atoms with van der Waals surface area (Å²) in [4.78, 5) is 36.7. The molecule has 1 aliphatic heterocycles. The molecule has 3 unspecified atom stereocenters. The summed E-state index contributed by atoms with van der Waals surface area (Å²) in [6, 6.07) is 15.1. The SMILES string of the molecule is CCC(CC(=O)O)NC(=O)C1(C)COCC1NC(=O)OCC1c2ccccc2-c2ccccc21. The van der Waals surface area contributed by atoms with Crippen LogP contribution in [0, 0.1) is 5.41 Å². The zero-order valence-electron chi connectivity index (χ0n) is 19.4. The van der Waals surface area contributed by atoms with E-state index in [2.05, 4.69) is 34.9 Å². The second-order valence-electron chi connectivity index (χ2n) is 9.13. The maximum absolute atomic E-state index is 13.0. The predicted molar refractivity (Wildman–Crippen MR) is 125 cm³/mol. The molecular weight excluding hydrogens is 436 g/mol. The number of carbonyl (C=O) groups is 3. The van der Waals surface area contributed by atoms with E-state index in [1.54, 1.807) is 6.92 Å². The van der Waals surface area contributed by atoms with Gasteiger partial charge in [-0.05, 0) is 35.6 Å². The van der Waals surface area contributed by atoms with E-state index in [1.165, 1.54) is 0 Å².